The topological polar surface area (TPSA) is 105 Å². The van der Waals surface area contributed by atoms with Gasteiger partial charge in [0.05, 0.1) is 24.2 Å². The van der Waals surface area contributed by atoms with Crippen molar-refractivity contribution in [3.63, 3.8) is 0 Å². The molecule has 12 heteroatoms. The summed E-state index contributed by atoms with van der Waals surface area (Å²) in [5.74, 6) is 0.103. The van der Waals surface area contributed by atoms with Gasteiger partial charge >= 0.3 is 0 Å². The predicted octanol–water partition coefficient (Wildman–Crippen LogP) is 1.33. The number of carbonyl (C=O) groups excluding carboxylic acids is 1. The number of likely N-dealkylation sites (tertiary alicyclic amines) is 1. The fourth-order valence-electron chi connectivity index (χ4n) is 3.15. The number of piperidine rings is 1. The molecule has 1 unspecified atom stereocenters. The van der Waals surface area contributed by atoms with E-state index in [1.54, 1.807) is 30.4 Å². The number of halogens is 1. The highest BCUT2D eigenvalue weighted by Gasteiger charge is 2.33. The zero-order chi connectivity index (χ0) is 21.0. The molecule has 1 saturated heterocycles. The minimum absolute atomic E-state index is 0.182. The number of nitrogens with zero attached hydrogens (tertiary/aromatic N) is 4. The van der Waals surface area contributed by atoms with Gasteiger partial charge in [0, 0.05) is 32.6 Å². The number of aromatic nitrogens is 4. The van der Waals surface area contributed by atoms with Gasteiger partial charge in [-0.1, -0.05) is 18.5 Å². The van der Waals surface area contributed by atoms with Crippen LogP contribution in [0.3, 0.4) is 0 Å². The van der Waals surface area contributed by atoms with Crippen molar-refractivity contribution in [2.75, 3.05) is 20.2 Å². The van der Waals surface area contributed by atoms with E-state index >= 15 is 0 Å². The van der Waals surface area contributed by atoms with Gasteiger partial charge < -0.3 is 24.5 Å². The minimum atomic E-state index is -1.35. The summed E-state index contributed by atoms with van der Waals surface area (Å²) in [6.07, 6.45) is 5.93. The number of aromatic amines is 1. The molecule has 0 aromatic carbocycles. The van der Waals surface area contributed by atoms with Gasteiger partial charge in [-0.05, 0) is 25.1 Å². The Bertz CT molecular complexity index is 888. The lowest BCUT2D eigenvalue weighted by molar-refractivity contribution is 0.0261. The quantitative estimate of drug-likeness (QED) is 0.629. The molecule has 9 nitrogen and oxygen atoms in total. The van der Waals surface area contributed by atoms with E-state index in [9.17, 15) is 9.00 Å². The monoisotopic (exact) mass is 458 g/mol. The van der Waals surface area contributed by atoms with Crippen LogP contribution in [-0.4, -0.2) is 71.2 Å². The summed E-state index contributed by atoms with van der Waals surface area (Å²) in [4.78, 5) is 25.4. The molecule has 0 spiro atoms. The number of hydrogen-bond acceptors (Lipinski definition) is 6. The zero-order valence-electron chi connectivity index (χ0n) is 16.1. The highest BCUT2D eigenvalue weighted by molar-refractivity contribution is 8.12. The van der Waals surface area contributed by atoms with Gasteiger partial charge in [0.25, 0.3) is 5.91 Å². The van der Waals surface area contributed by atoms with E-state index in [1.807, 2.05) is 11.8 Å². The number of imidazole rings is 2. The second-order valence-electron chi connectivity index (χ2n) is 6.61. The Balaban J connectivity index is 1.59. The number of rotatable bonds is 6. The minimum Gasteiger partial charge on any atom is -0.377 e. The number of hydrogen-bond donors (Lipinski definition) is 2. The Morgan fingerprint density at radius 2 is 2.34 bits per heavy atom. The van der Waals surface area contributed by atoms with E-state index < -0.39 is 10.8 Å². The van der Waals surface area contributed by atoms with E-state index in [1.165, 1.54) is 0 Å². The van der Waals surface area contributed by atoms with Gasteiger partial charge in [-0.2, -0.15) is 0 Å². The Morgan fingerprint density at radius 3 is 2.97 bits per heavy atom. The molecule has 1 aliphatic heterocycles. The van der Waals surface area contributed by atoms with Crippen LogP contribution in [0.2, 0.25) is 5.15 Å². The molecule has 3 heterocycles. The molecular formula is C17H23ClN6O3S2. The molecule has 2 N–H and O–H groups in total. The molecular weight excluding hydrogens is 436 g/mol. The van der Waals surface area contributed by atoms with Crippen LogP contribution < -0.4 is 5.32 Å². The SMILES string of the molecule is CCc1[nH]c(C(=O)N[C@H]2CCN(C(=S)S(=O)Cn3ccnc3)C[C@H]2OC)nc1Cl. The molecule has 0 aliphatic carbocycles. The molecule has 3 atom stereocenters. The third-order valence-corrected chi connectivity index (χ3v) is 7.06. The summed E-state index contributed by atoms with van der Waals surface area (Å²) >= 11 is 11.4. The van der Waals surface area contributed by atoms with E-state index in [4.69, 9.17) is 28.6 Å². The number of methoxy groups -OCH3 is 1. The first-order valence-electron chi connectivity index (χ1n) is 9.14. The predicted molar refractivity (Wildman–Crippen MR) is 114 cm³/mol. The summed E-state index contributed by atoms with van der Waals surface area (Å²) < 4.78 is 20.2. The van der Waals surface area contributed by atoms with Crippen molar-refractivity contribution in [2.45, 2.75) is 37.8 Å². The van der Waals surface area contributed by atoms with Gasteiger partial charge in [-0.15, -0.1) is 0 Å². The summed E-state index contributed by atoms with van der Waals surface area (Å²) in [6.45, 7) is 2.94. The highest BCUT2D eigenvalue weighted by atomic mass is 35.5. The summed E-state index contributed by atoms with van der Waals surface area (Å²) in [6, 6.07) is -0.220. The van der Waals surface area contributed by atoms with Crippen molar-refractivity contribution < 1.29 is 13.7 Å². The molecule has 2 aromatic heterocycles. The second-order valence-corrected chi connectivity index (χ2v) is 8.95. The number of amides is 1. The maximum atomic E-state index is 12.6. The maximum Gasteiger partial charge on any atom is 0.287 e. The number of thiocarbonyl (C=S) groups is 1. The van der Waals surface area contributed by atoms with Crippen molar-refractivity contribution in [3.8, 4) is 0 Å². The standard InChI is InChI=1S/C17H23ClN6O3S2/c1-3-11-14(18)22-15(20-11)16(25)21-12-4-6-24(8-13(12)27-2)17(28)29(26)10-23-7-5-19-9-23/h5,7,9,12-13H,3-4,6,8,10H2,1-2H3,(H,20,22)(H,21,25)/t12-,13+,29?/m0/s1. The number of ether oxygens (including phenoxy) is 1. The van der Waals surface area contributed by atoms with Crippen LogP contribution in [0.4, 0.5) is 0 Å². The molecule has 0 saturated carbocycles. The molecule has 1 amide bonds. The molecule has 158 valence electrons. The summed E-state index contributed by atoms with van der Waals surface area (Å²) in [5, 5.41) is 3.26. The van der Waals surface area contributed by atoms with Crippen LogP contribution in [0, 0.1) is 0 Å². The lowest BCUT2D eigenvalue weighted by Gasteiger charge is -2.38. The van der Waals surface area contributed by atoms with Gasteiger partial charge in [0.2, 0.25) is 0 Å². The van der Waals surface area contributed by atoms with E-state index in [0.717, 1.165) is 5.69 Å². The highest BCUT2D eigenvalue weighted by Crippen LogP contribution is 2.18. The lowest BCUT2D eigenvalue weighted by atomic mass is 10.0. The van der Waals surface area contributed by atoms with Crippen LogP contribution in [0.5, 0.6) is 0 Å². The van der Waals surface area contributed by atoms with Gasteiger partial charge in [-0.3, -0.25) is 9.00 Å². The average Bonchev–Trinajstić information content (AvgIpc) is 3.36. The van der Waals surface area contributed by atoms with Crippen molar-refractivity contribution in [2.24, 2.45) is 0 Å². The van der Waals surface area contributed by atoms with Gasteiger partial charge in [0.15, 0.2) is 15.3 Å². The largest absolute Gasteiger partial charge is 0.377 e. The van der Waals surface area contributed by atoms with Crippen molar-refractivity contribution in [1.29, 1.82) is 0 Å². The van der Waals surface area contributed by atoms with Crippen molar-refractivity contribution in [1.82, 2.24) is 29.7 Å². The first kappa shape index (κ1) is 21.9. The Kier molecular flexibility index (Phi) is 7.38. The van der Waals surface area contributed by atoms with Crippen molar-refractivity contribution >= 4 is 44.8 Å². The molecule has 29 heavy (non-hydrogen) atoms. The van der Waals surface area contributed by atoms with Crippen LogP contribution in [0.25, 0.3) is 0 Å². The summed E-state index contributed by atoms with van der Waals surface area (Å²) in [7, 11) is 0.228. The number of carbonyl (C=O) groups is 1. The van der Waals surface area contributed by atoms with Gasteiger partial charge in [0.1, 0.15) is 16.7 Å². The Morgan fingerprint density at radius 1 is 1.55 bits per heavy atom. The average molecular weight is 459 g/mol. The Hall–Kier alpha value is -1.82. The van der Waals surface area contributed by atoms with E-state index in [2.05, 4.69) is 20.3 Å². The smallest absolute Gasteiger partial charge is 0.287 e. The van der Waals surface area contributed by atoms with E-state index in [-0.39, 0.29) is 29.8 Å². The molecule has 1 aliphatic rings. The number of aryl methyl sites for hydroxylation is 1. The van der Waals surface area contributed by atoms with Crippen LogP contribution >= 0.6 is 23.8 Å². The van der Waals surface area contributed by atoms with Crippen LogP contribution in [0.1, 0.15) is 29.7 Å². The van der Waals surface area contributed by atoms with E-state index in [0.29, 0.717) is 35.4 Å². The second kappa shape index (κ2) is 9.79. The van der Waals surface area contributed by atoms with Gasteiger partial charge in [-0.25, -0.2) is 9.97 Å². The molecule has 1 fully saturated rings. The first-order chi connectivity index (χ1) is 13.9. The Labute approximate surface area is 181 Å². The molecule has 3 rings (SSSR count). The third-order valence-electron chi connectivity index (χ3n) is 4.75. The van der Waals surface area contributed by atoms with Crippen molar-refractivity contribution in [3.05, 3.63) is 35.4 Å². The van der Waals surface area contributed by atoms with Crippen LogP contribution in [-0.2, 0) is 27.8 Å². The number of H-pyrrole nitrogens is 1. The third kappa shape index (κ3) is 5.21. The first-order valence-corrected chi connectivity index (χ1v) is 11.2. The molecule has 0 bridgehead atoms. The normalized spacial score (nSPS) is 20.4. The molecule has 2 aromatic rings. The van der Waals surface area contributed by atoms with Crippen LogP contribution in [0.15, 0.2) is 18.7 Å². The summed E-state index contributed by atoms with van der Waals surface area (Å²) in [5.41, 5.74) is 0.723. The fourth-order valence-corrected chi connectivity index (χ4v) is 4.73. The maximum absolute atomic E-state index is 12.6. The lowest BCUT2D eigenvalue weighted by Crippen LogP contribution is -2.56. The fraction of sp³-hybridized carbons (Fsp3) is 0.529. The zero-order valence-corrected chi connectivity index (χ0v) is 18.5. The number of nitrogens with one attached hydrogen (secondary N) is 2. The molecule has 0 radical (unpaired) electrons.